The van der Waals surface area contributed by atoms with E-state index in [1.165, 1.54) is 43.6 Å². The molecule has 0 aliphatic carbocycles. The zero-order valence-electron chi connectivity index (χ0n) is 13.8. The van der Waals surface area contributed by atoms with E-state index in [4.69, 9.17) is 0 Å². The van der Waals surface area contributed by atoms with Crippen LogP contribution >= 0.6 is 0 Å². The summed E-state index contributed by atoms with van der Waals surface area (Å²) in [6.07, 6.45) is 2.88. The summed E-state index contributed by atoms with van der Waals surface area (Å²) >= 11 is 0. The van der Waals surface area contributed by atoms with Crippen molar-refractivity contribution in [3.8, 4) is 0 Å². The van der Waals surface area contributed by atoms with E-state index in [2.05, 4.69) is 34.5 Å². The van der Waals surface area contributed by atoms with E-state index >= 15 is 0 Å². The molecule has 1 heterocycles. The van der Waals surface area contributed by atoms with Crippen molar-refractivity contribution in [1.29, 1.82) is 0 Å². The number of benzene rings is 2. The first-order chi connectivity index (χ1) is 11.7. The standard InChI is InChI=1S/C20H23FN2O/c21-19-9-7-16(8-10-19)13-20(24)22-14-17-3-5-18(6-4-17)15-23-11-1-2-12-23/h3-10H,1-2,11-15H2,(H,22,24). The first kappa shape index (κ1) is 16.7. The topological polar surface area (TPSA) is 32.3 Å². The van der Waals surface area contributed by atoms with Crippen molar-refractivity contribution >= 4 is 5.91 Å². The summed E-state index contributed by atoms with van der Waals surface area (Å²) in [5, 5.41) is 2.91. The fraction of sp³-hybridized carbons (Fsp3) is 0.350. The van der Waals surface area contributed by atoms with Gasteiger partial charge in [0.25, 0.3) is 0 Å². The molecule has 2 aromatic carbocycles. The molecule has 0 atom stereocenters. The van der Waals surface area contributed by atoms with Gasteiger partial charge in [-0.2, -0.15) is 0 Å². The van der Waals surface area contributed by atoms with Crippen LogP contribution < -0.4 is 5.32 Å². The van der Waals surface area contributed by atoms with Crippen molar-refractivity contribution in [3.63, 3.8) is 0 Å². The van der Waals surface area contributed by atoms with Crippen molar-refractivity contribution in [2.75, 3.05) is 13.1 Å². The molecule has 1 N–H and O–H groups in total. The zero-order valence-corrected chi connectivity index (χ0v) is 13.8. The first-order valence-electron chi connectivity index (χ1n) is 8.50. The number of halogens is 1. The largest absolute Gasteiger partial charge is 0.352 e. The maximum absolute atomic E-state index is 12.9. The molecule has 1 amide bonds. The summed E-state index contributed by atoms with van der Waals surface area (Å²) in [6, 6.07) is 14.5. The predicted molar refractivity (Wildman–Crippen MR) is 92.9 cm³/mol. The molecule has 3 nitrogen and oxygen atoms in total. The average Bonchev–Trinajstić information content (AvgIpc) is 3.09. The van der Waals surface area contributed by atoms with Crippen LogP contribution in [-0.2, 0) is 24.3 Å². The molecule has 126 valence electrons. The van der Waals surface area contributed by atoms with Crippen LogP contribution in [0.2, 0.25) is 0 Å². The highest BCUT2D eigenvalue weighted by molar-refractivity contribution is 5.78. The van der Waals surface area contributed by atoms with Gasteiger partial charge in [-0.15, -0.1) is 0 Å². The van der Waals surface area contributed by atoms with Crippen LogP contribution in [0, 0.1) is 5.82 Å². The maximum Gasteiger partial charge on any atom is 0.224 e. The smallest absolute Gasteiger partial charge is 0.224 e. The van der Waals surface area contributed by atoms with E-state index in [1.807, 2.05) is 0 Å². The number of hydrogen-bond acceptors (Lipinski definition) is 2. The second kappa shape index (κ2) is 8.06. The first-order valence-corrected chi connectivity index (χ1v) is 8.50. The SMILES string of the molecule is O=C(Cc1ccc(F)cc1)NCc1ccc(CN2CCCC2)cc1. The summed E-state index contributed by atoms with van der Waals surface area (Å²) in [5.41, 5.74) is 3.22. The molecule has 24 heavy (non-hydrogen) atoms. The second-order valence-corrected chi connectivity index (χ2v) is 6.38. The Hall–Kier alpha value is -2.20. The van der Waals surface area contributed by atoms with Gasteiger partial charge in [0.1, 0.15) is 5.82 Å². The molecule has 0 unspecified atom stereocenters. The van der Waals surface area contributed by atoms with Crippen LogP contribution in [-0.4, -0.2) is 23.9 Å². The molecule has 0 saturated carbocycles. The quantitative estimate of drug-likeness (QED) is 0.883. The molecule has 0 spiro atoms. The van der Waals surface area contributed by atoms with Gasteiger partial charge in [0.15, 0.2) is 0 Å². The van der Waals surface area contributed by atoms with Crippen molar-refractivity contribution < 1.29 is 9.18 Å². The molecular weight excluding hydrogens is 303 g/mol. The van der Waals surface area contributed by atoms with Gasteiger partial charge in [0.2, 0.25) is 5.91 Å². The number of carbonyl (C=O) groups is 1. The van der Waals surface area contributed by atoms with Gasteiger partial charge < -0.3 is 5.32 Å². The highest BCUT2D eigenvalue weighted by Gasteiger charge is 2.11. The highest BCUT2D eigenvalue weighted by atomic mass is 19.1. The number of hydrogen-bond donors (Lipinski definition) is 1. The monoisotopic (exact) mass is 326 g/mol. The minimum absolute atomic E-state index is 0.0530. The van der Waals surface area contributed by atoms with Crippen LogP contribution in [0.25, 0.3) is 0 Å². The normalized spacial score (nSPS) is 14.7. The predicted octanol–water partition coefficient (Wildman–Crippen LogP) is 3.28. The number of carbonyl (C=O) groups excluding carboxylic acids is 1. The lowest BCUT2D eigenvalue weighted by Crippen LogP contribution is -2.24. The third kappa shape index (κ3) is 4.90. The fourth-order valence-corrected chi connectivity index (χ4v) is 3.01. The molecule has 1 aliphatic heterocycles. The molecule has 0 aromatic heterocycles. The van der Waals surface area contributed by atoms with Gasteiger partial charge in [0, 0.05) is 13.1 Å². The Bertz CT molecular complexity index is 661. The van der Waals surface area contributed by atoms with E-state index in [0.29, 0.717) is 6.54 Å². The molecule has 0 radical (unpaired) electrons. The van der Waals surface area contributed by atoms with Gasteiger partial charge in [-0.25, -0.2) is 4.39 Å². The van der Waals surface area contributed by atoms with Gasteiger partial charge in [-0.1, -0.05) is 36.4 Å². The van der Waals surface area contributed by atoms with Crippen LogP contribution in [0.15, 0.2) is 48.5 Å². The number of amides is 1. The molecular formula is C20H23FN2O. The van der Waals surface area contributed by atoms with E-state index in [1.54, 1.807) is 12.1 Å². The molecule has 1 aliphatic rings. The maximum atomic E-state index is 12.9. The Morgan fingerprint density at radius 2 is 1.50 bits per heavy atom. The van der Waals surface area contributed by atoms with E-state index in [0.717, 1.165) is 17.7 Å². The third-order valence-corrected chi connectivity index (χ3v) is 4.40. The molecule has 0 bridgehead atoms. The molecule has 3 rings (SSSR count). The van der Waals surface area contributed by atoms with Gasteiger partial charge >= 0.3 is 0 Å². The molecule has 1 saturated heterocycles. The van der Waals surface area contributed by atoms with E-state index < -0.39 is 0 Å². The summed E-state index contributed by atoms with van der Waals surface area (Å²) in [6.45, 7) is 3.92. The minimum atomic E-state index is -0.284. The molecule has 1 fully saturated rings. The zero-order chi connectivity index (χ0) is 16.8. The van der Waals surface area contributed by atoms with Crippen molar-refractivity contribution in [2.24, 2.45) is 0 Å². The van der Waals surface area contributed by atoms with E-state index in [9.17, 15) is 9.18 Å². The van der Waals surface area contributed by atoms with Crippen LogP contribution in [0.1, 0.15) is 29.5 Å². The van der Waals surface area contributed by atoms with E-state index in [-0.39, 0.29) is 18.1 Å². The Balaban J connectivity index is 1.45. The van der Waals surface area contributed by atoms with Crippen molar-refractivity contribution in [2.45, 2.75) is 32.4 Å². The number of nitrogens with zero attached hydrogens (tertiary/aromatic N) is 1. The van der Waals surface area contributed by atoms with Crippen molar-refractivity contribution in [3.05, 3.63) is 71.0 Å². The fourth-order valence-electron chi connectivity index (χ4n) is 3.01. The van der Waals surface area contributed by atoms with Crippen LogP contribution in [0.4, 0.5) is 4.39 Å². The Morgan fingerprint density at radius 1 is 0.917 bits per heavy atom. The number of likely N-dealkylation sites (tertiary alicyclic amines) is 1. The molecule has 4 heteroatoms. The van der Waals surface area contributed by atoms with Crippen molar-refractivity contribution in [1.82, 2.24) is 10.2 Å². The van der Waals surface area contributed by atoms with Gasteiger partial charge in [-0.05, 0) is 54.8 Å². The Labute approximate surface area is 142 Å². The number of rotatable bonds is 6. The lowest BCUT2D eigenvalue weighted by molar-refractivity contribution is -0.120. The lowest BCUT2D eigenvalue weighted by atomic mass is 10.1. The Kier molecular flexibility index (Phi) is 5.59. The van der Waals surface area contributed by atoms with Gasteiger partial charge in [-0.3, -0.25) is 9.69 Å². The summed E-state index contributed by atoms with van der Waals surface area (Å²) < 4.78 is 12.9. The summed E-state index contributed by atoms with van der Waals surface area (Å²) in [7, 11) is 0. The lowest BCUT2D eigenvalue weighted by Gasteiger charge is -2.14. The van der Waals surface area contributed by atoms with Gasteiger partial charge in [0.05, 0.1) is 6.42 Å². The van der Waals surface area contributed by atoms with Crippen LogP contribution in [0.5, 0.6) is 0 Å². The Morgan fingerprint density at radius 3 is 2.17 bits per heavy atom. The minimum Gasteiger partial charge on any atom is -0.352 e. The third-order valence-electron chi connectivity index (χ3n) is 4.40. The highest BCUT2D eigenvalue weighted by Crippen LogP contribution is 2.13. The average molecular weight is 326 g/mol. The number of nitrogens with one attached hydrogen (secondary N) is 1. The molecule has 2 aromatic rings. The van der Waals surface area contributed by atoms with Crippen LogP contribution in [0.3, 0.4) is 0 Å². The second-order valence-electron chi connectivity index (χ2n) is 6.38. The summed E-state index contributed by atoms with van der Waals surface area (Å²) in [5.74, 6) is -0.337. The summed E-state index contributed by atoms with van der Waals surface area (Å²) in [4.78, 5) is 14.4.